The number of halogens is 2. The summed E-state index contributed by atoms with van der Waals surface area (Å²) in [5.41, 5.74) is -0.0362. The van der Waals surface area contributed by atoms with E-state index in [-0.39, 0.29) is 23.4 Å². The highest BCUT2D eigenvalue weighted by Crippen LogP contribution is 2.30. The van der Waals surface area contributed by atoms with E-state index in [0.29, 0.717) is 0 Å². The van der Waals surface area contributed by atoms with Gasteiger partial charge in [0.15, 0.2) is 0 Å². The Bertz CT molecular complexity index is 360. The number of rotatable bonds is 3. The summed E-state index contributed by atoms with van der Waals surface area (Å²) in [7, 11) is 1.27. The lowest BCUT2D eigenvalue weighted by Crippen LogP contribution is -2.00. The molecule has 0 bridgehead atoms. The molecule has 0 saturated carbocycles. The van der Waals surface area contributed by atoms with Crippen LogP contribution in [0, 0.1) is 11.3 Å². The fourth-order valence-corrected chi connectivity index (χ4v) is 1.13. The van der Waals surface area contributed by atoms with Crippen molar-refractivity contribution in [3.63, 3.8) is 0 Å². The zero-order valence-electron chi connectivity index (χ0n) is 7.50. The SMILES string of the molecule is COc1nccc(CC#N)c1C(F)F. The van der Waals surface area contributed by atoms with Gasteiger partial charge >= 0.3 is 0 Å². The summed E-state index contributed by atoms with van der Waals surface area (Å²) < 4.78 is 29.8. The number of hydrogen-bond donors (Lipinski definition) is 0. The van der Waals surface area contributed by atoms with Gasteiger partial charge in [0.25, 0.3) is 6.43 Å². The van der Waals surface area contributed by atoms with Crippen LogP contribution in [-0.2, 0) is 6.42 Å². The molecule has 0 aliphatic carbocycles. The molecule has 14 heavy (non-hydrogen) atoms. The van der Waals surface area contributed by atoms with Gasteiger partial charge in [-0.05, 0) is 11.6 Å². The van der Waals surface area contributed by atoms with Crippen LogP contribution in [0.25, 0.3) is 0 Å². The van der Waals surface area contributed by atoms with Gasteiger partial charge in [-0.25, -0.2) is 13.8 Å². The topological polar surface area (TPSA) is 45.9 Å². The van der Waals surface area contributed by atoms with Gasteiger partial charge in [-0.1, -0.05) is 0 Å². The number of pyridine rings is 1. The molecule has 0 aromatic carbocycles. The van der Waals surface area contributed by atoms with Crippen LogP contribution in [-0.4, -0.2) is 12.1 Å². The van der Waals surface area contributed by atoms with Crippen LogP contribution in [0.4, 0.5) is 8.78 Å². The third-order valence-electron chi connectivity index (χ3n) is 1.72. The predicted octanol–water partition coefficient (Wildman–Crippen LogP) is 2.09. The van der Waals surface area contributed by atoms with Crippen LogP contribution in [0.5, 0.6) is 5.88 Å². The molecular formula is C9H8F2N2O. The average Bonchev–Trinajstić information content (AvgIpc) is 2.17. The third kappa shape index (κ3) is 1.96. The monoisotopic (exact) mass is 198 g/mol. The highest BCUT2D eigenvalue weighted by Gasteiger charge is 2.19. The Morgan fingerprint density at radius 2 is 2.36 bits per heavy atom. The highest BCUT2D eigenvalue weighted by atomic mass is 19.3. The highest BCUT2D eigenvalue weighted by molar-refractivity contribution is 5.36. The second-order valence-electron chi connectivity index (χ2n) is 2.53. The maximum absolute atomic E-state index is 12.6. The largest absolute Gasteiger partial charge is 0.481 e. The summed E-state index contributed by atoms with van der Waals surface area (Å²) in [6.07, 6.45) is -1.40. The molecule has 0 amide bonds. The van der Waals surface area contributed by atoms with Crippen LogP contribution < -0.4 is 4.74 Å². The molecule has 0 atom stereocenters. The zero-order chi connectivity index (χ0) is 10.6. The van der Waals surface area contributed by atoms with Crippen molar-refractivity contribution in [2.24, 2.45) is 0 Å². The minimum absolute atomic E-state index is 0.0709. The minimum Gasteiger partial charge on any atom is -0.481 e. The van der Waals surface area contributed by atoms with Crippen molar-refractivity contribution in [1.82, 2.24) is 4.98 Å². The second kappa shape index (κ2) is 4.51. The average molecular weight is 198 g/mol. The van der Waals surface area contributed by atoms with Gasteiger partial charge in [-0.15, -0.1) is 0 Å². The Kier molecular flexibility index (Phi) is 3.35. The summed E-state index contributed by atoms with van der Waals surface area (Å²) >= 11 is 0. The Hall–Kier alpha value is -1.70. The quantitative estimate of drug-likeness (QED) is 0.747. The molecule has 5 heteroatoms. The number of alkyl halides is 2. The fourth-order valence-electron chi connectivity index (χ4n) is 1.13. The first-order valence-electron chi connectivity index (χ1n) is 3.87. The van der Waals surface area contributed by atoms with E-state index in [9.17, 15) is 8.78 Å². The molecule has 0 fully saturated rings. The van der Waals surface area contributed by atoms with Gasteiger partial charge in [0.1, 0.15) is 0 Å². The normalized spacial score (nSPS) is 9.93. The number of nitrogens with zero attached hydrogens (tertiary/aromatic N) is 2. The van der Waals surface area contributed by atoms with E-state index >= 15 is 0 Å². The molecule has 1 aromatic rings. The zero-order valence-corrected chi connectivity index (χ0v) is 7.50. The van der Waals surface area contributed by atoms with E-state index in [1.807, 2.05) is 6.07 Å². The molecule has 1 rings (SSSR count). The lowest BCUT2D eigenvalue weighted by atomic mass is 10.1. The molecule has 1 heterocycles. The number of aromatic nitrogens is 1. The first-order chi connectivity index (χ1) is 6.70. The van der Waals surface area contributed by atoms with Gasteiger partial charge in [0, 0.05) is 6.20 Å². The first kappa shape index (κ1) is 10.4. The van der Waals surface area contributed by atoms with Crippen molar-refractivity contribution >= 4 is 0 Å². The molecule has 0 N–H and O–H groups in total. The minimum atomic E-state index is -2.68. The van der Waals surface area contributed by atoms with Crippen LogP contribution in [0.15, 0.2) is 12.3 Å². The van der Waals surface area contributed by atoms with Gasteiger partial charge in [0.2, 0.25) is 5.88 Å². The van der Waals surface area contributed by atoms with Crippen molar-refractivity contribution in [2.45, 2.75) is 12.8 Å². The smallest absolute Gasteiger partial charge is 0.269 e. The Morgan fingerprint density at radius 1 is 1.64 bits per heavy atom. The molecule has 0 saturated heterocycles. The number of ether oxygens (including phenoxy) is 1. The second-order valence-corrected chi connectivity index (χ2v) is 2.53. The van der Waals surface area contributed by atoms with E-state index in [1.165, 1.54) is 19.4 Å². The molecule has 1 aromatic heterocycles. The van der Waals surface area contributed by atoms with Gasteiger partial charge in [-0.3, -0.25) is 0 Å². The van der Waals surface area contributed by atoms with Crippen LogP contribution >= 0.6 is 0 Å². The summed E-state index contributed by atoms with van der Waals surface area (Å²) in [4.78, 5) is 3.65. The lowest BCUT2D eigenvalue weighted by Gasteiger charge is -2.09. The van der Waals surface area contributed by atoms with Crippen molar-refractivity contribution < 1.29 is 13.5 Å². The van der Waals surface area contributed by atoms with Crippen molar-refractivity contribution in [2.75, 3.05) is 7.11 Å². The van der Waals surface area contributed by atoms with E-state index in [4.69, 9.17) is 10.00 Å². The Balaban J connectivity index is 3.22. The van der Waals surface area contributed by atoms with Crippen molar-refractivity contribution in [1.29, 1.82) is 5.26 Å². The predicted molar refractivity (Wildman–Crippen MR) is 45.1 cm³/mol. The van der Waals surface area contributed by atoms with E-state index in [2.05, 4.69) is 4.98 Å². The van der Waals surface area contributed by atoms with Crippen molar-refractivity contribution in [3.8, 4) is 11.9 Å². The Morgan fingerprint density at radius 3 is 2.86 bits per heavy atom. The molecule has 0 unspecified atom stereocenters. The first-order valence-corrected chi connectivity index (χ1v) is 3.87. The summed E-state index contributed by atoms with van der Waals surface area (Å²) in [6, 6.07) is 3.21. The fraction of sp³-hybridized carbons (Fsp3) is 0.333. The summed E-state index contributed by atoms with van der Waals surface area (Å²) in [5.74, 6) is -0.118. The molecular weight excluding hydrogens is 190 g/mol. The van der Waals surface area contributed by atoms with Gasteiger partial charge in [0.05, 0.1) is 25.2 Å². The summed E-state index contributed by atoms with van der Waals surface area (Å²) in [5, 5.41) is 8.43. The van der Waals surface area contributed by atoms with E-state index in [1.54, 1.807) is 0 Å². The molecule has 3 nitrogen and oxygen atoms in total. The number of methoxy groups -OCH3 is 1. The van der Waals surface area contributed by atoms with Crippen LogP contribution in [0.2, 0.25) is 0 Å². The standard InChI is InChI=1S/C9H8F2N2O/c1-14-9-7(8(10)11)6(2-4-12)3-5-13-9/h3,5,8H,2H2,1H3. The van der Waals surface area contributed by atoms with Gasteiger partial charge < -0.3 is 4.74 Å². The van der Waals surface area contributed by atoms with Gasteiger partial charge in [-0.2, -0.15) is 5.26 Å². The maximum atomic E-state index is 12.6. The maximum Gasteiger partial charge on any atom is 0.269 e. The lowest BCUT2D eigenvalue weighted by molar-refractivity contribution is 0.145. The van der Waals surface area contributed by atoms with Crippen LogP contribution in [0.3, 0.4) is 0 Å². The third-order valence-corrected chi connectivity index (χ3v) is 1.72. The number of nitriles is 1. The molecule has 74 valence electrons. The van der Waals surface area contributed by atoms with Crippen molar-refractivity contribution in [3.05, 3.63) is 23.4 Å². The number of hydrogen-bond acceptors (Lipinski definition) is 3. The van der Waals surface area contributed by atoms with E-state index in [0.717, 1.165) is 0 Å². The molecule has 0 aliphatic heterocycles. The molecule has 0 aliphatic rings. The van der Waals surface area contributed by atoms with Crippen LogP contribution in [0.1, 0.15) is 17.6 Å². The summed E-state index contributed by atoms with van der Waals surface area (Å²) in [6.45, 7) is 0. The van der Waals surface area contributed by atoms with E-state index < -0.39 is 6.43 Å². The molecule has 0 spiro atoms. The molecule has 0 radical (unpaired) electrons. The Labute approximate surface area is 79.9 Å².